The molecule has 17 heavy (non-hydrogen) atoms. The van der Waals surface area contributed by atoms with Crippen molar-refractivity contribution in [3.05, 3.63) is 11.8 Å². The van der Waals surface area contributed by atoms with Gasteiger partial charge < -0.3 is 4.90 Å². The van der Waals surface area contributed by atoms with Crippen LogP contribution in [0.25, 0.3) is 0 Å². The summed E-state index contributed by atoms with van der Waals surface area (Å²) in [6.07, 6.45) is 5.96. The molecule has 98 valence electrons. The van der Waals surface area contributed by atoms with Crippen molar-refractivity contribution in [2.45, 2.75) is 53.4 Å². The van der Waals surface area contributed by atoms with Crippen LogP contribution in [0.3, 0.4) is 0 Å². The molecule has 0 saturated carbocycles. The smallest absolute Gasteiger partial charge is 0.157 e. The van der Waals surface area contributed by atoms with Crippen LogP contribution >= 0.6 is 0 Å². The normalized spacial score (nSPS) is 15.9. The van der Waals surface area contributed by atoms with Crippen LogP contribution in [0, 0.1) is 11.8 Å². The monoisotopic (exact) mass is 237 g/mol. The van der Waals surface area contributed by atoms with Crippen LogP contribution in [0.2, 0.25) is 0 Å². The standard InChI is InChI=1S/C15H27NO/c1-12(2)7-9-16(10-8-13(3)4)14-5-6-15(17)11-14/h11-13H,5-10H2,1-4H3. The lowest BCUT2D eigenvalue weighted by Crippen LogP contribution is -2.26. The molecule has 0 bridgehead atoms. The molecule has 0 aliphatic heterocycles. The summed E-state index contributed by atoms with van der Waals surface area (Å²) in [5, 5.41) is 0. The molecular weight excluding hydrogens is 210 g/mol. The average Bonchev–Trinajstić information content (AvgIpc) is 2.64. The minimum atomic E-state index is 0.305. The minimum absolute atomic E-state index is 0.305. The Morgan fingerprint density at radius 2 is 1.59 bits per heavy atom. The van der Waals surface area contributed by atoms with E-state index in [1.54, 1.807) is 0 Å². The Bertz CT molecular complexity index is 267. The second kappa shape index (κ2) is 6.83. The van der Waals surface area contributed by atoms with E-state index in [-0.39, 0.29) is 0 Å². The quantitative estimate of drug-likeness (QED) is 0.674. The molecule has 0 heterocycles. The van der Waals surface area contributed by atoms with E-state index in [0.717, 1.165) is 37.8 Å². The van der Waals surface area contributed by atoms with Gasteiger partial charge in [0.05, 0.1) is 0 Å². The van der Waals surface area contributed by atoms with Crippen LogP contribution in [-0.4, -0.2) is 23.8 Å². The number of nitrogens with zero attached hydrogens (tertiary/aromatic N) is 1. The van der Waals surface area contributed by atoms with E-state index in [2.05, 4.69) is 32.6 Å². The summed E-state index contributed by atoms with van der Waals surface area (Å²) >= 11 is 0. The van der Waals surface area contributed by atoms with Crippen molar-refractivity contribution in [1.29, 1.82) is 0 Å². The molecule has 0 aromatic heterocycles. The van der Waals surface area contributed by atoms with Gasteiger partial charge in [-0.15, -0.1) is 0 Å². The van der Waals surface area contributed by atoms with E-state index < -0.39 is 0 Å². The first-order valence-corrected chi connectivity index (χ1v) is 6.97. The topological polar surface area (TPSA) is 20.3 Å². The average molecular weight is 237 g/mol. The lowest BCUT2D eigenvalue weighted by molar-refractivity contribution is -0.114. The number of hydrogen-bond acceptors (Lipinski definition) is 2. The highest BCUT2D eigenvalue weighted by Gasteiger charge is 2.18. The molecule has 0 spiro atoms. The molecule has 0 saturated heterocycles. The first kappa shape index (κ1) is 14.3. The molecule has 2 nitrogen and oxygen atoms in total. The maximum atomic E-state index is 11.3. The summed E-state index contributed by atoms with van der Waals surface area (Å²) in [6, 6.07) is 0. The first-order chi connectivity index (χ1) is 7.99. The number of allylic oxidation sites excluding steroid dienone is 2. The highest BCUT2D eigenvalue weighted by molar-refractivity contribution is 5.92. The van der Waals surface area contributed by atoms with Crippen molar-refractivity contribution < 1.29 is 4.79 Å². The highest BCUT2D eigenvalue weighted by Crippen LogP contribution is 2.21. The summed E-state index contributed by atoms with van der Waals surface area (Å²) in [5.74, 6) is 1.77. The predicted molar refractivity (Wildman–Crippen MR) is 72.8 cm³/mol. The zero-order valence-electron chi connectivity index (χ0n) is 11.8. The van der Waals surface area contributed by atoms with Gasteiger partial charge in [-0.1, -0.05) is 27.7 Å². The molecule has 0 N–H and O–H groups in total. The first-order valence-electron chi connectivity index (χ1n) is 6.97. The number of hydrogen-bond donors (Lipinski definition) is 0. The third kappa shape index (κ3) is 5.38. The Hall–Kier alpha value is -0.790. The van der Waals surface area contributed by atoms with Crippen molar-refractivity contribution >= 4 is 5.78 Å². The van der Waals surface area contributed by atoms with Crippen LogP contribution in [0.1, 0.15) is 53.4 Å². The Kier molecular flexibility index (Phi) is 5.73. The fourth-order valence-corrected chi connectivity index (χ4v) is 2.06. The third-order valence-electron chi connectivity index (χ3n) is 3.31. The lowest BCUT2D eigenvalue weighted by Gasteiger charge is -2.27. The van der Waals surface area contributed by atoms with Crippen LogP contribution in [0.5, 0.6) is 0 Å². The minimum Gasteiger partial charge on any atom is -0.375 e. The summed E-state index contributed by atoms with van der Waals surface area (Å²) in [5.41, 5.74) is 1.27. The van der Waals surface area contributed by atoms with E-state index in [9.17, 15) is 4.79 Å². The van der Waals surface area contributed by atoms with E-state index in [0.29, 0.717) is 5.78 Å². The van der Waals surface area contributed by atoms with E-state index in [1.807, 2.05) is 6.08 Å². The second-order valence-electron chi connectivity index (χ2n) is 5.95. The van der Waals surface area contributed by atoms with Crippen molar-refractivity contribution in [2.24, 2.45) is 11.8 Å². The maximum Gasteiger partial charge on any atom is 0.157 e. The van der Waals surface area contributed by atoms with E-state index >= 15 is 0 Å². The van der Waals surface area contributed by atoms with Crippen LogP contribution in [-0.2, 0) is 4.79 Å². The molecule has 0 amide bonds. The Morgan fingerprint density at radius 3 is 1.94 bits per heavy atom. The Labute approximate surface area is 106 Å². The molecule has 0 aromatic rings. The second-order valence-corrected chi connectivity index (χ2v) is 5.95. The number of rotatable bonds is 7. The predicted octanol–water partition coefficient (Wildman–Crippen LogP) is 3.63. The van der Waals surface area contributed by atoms with Gasteiger partial charge in [0.25, 0.3) is 0 Å². The summed E-state index contributed by atoms with van der Waals surface area (Å²) < 4.78 is 0. The molecule has 1 rings (SSSR count). The molecular formula is C15H27NO. The highest BCUT2D eigenvalue weighted by atomic mass is 16.1. The molecule has 2 heteroatoms. The van der Waals surface area contributed by atoms with Gasteiger partial charge in [0.2, 0.25) is 0 Å². The molecule has 0 fully saturated rings. The van der Waals surface area contributed by atoms with Gasteiger partial charge in [-0.25, -0.2) is 0 Å². The van der Waals surface area contributed by atoms with E-state index in [4.69, 9.17) is 0 Å². The summed E-state index contributed by atoms with van der Waals surface area (Å²) in [7, 11) is 0. The van der Waals surface area contributed by atoms with E-state index in [1.165, 1.54) is 18.5 Å². The molecule has 0 radical (unpaired) electrons. The van der Waals surface area contributed by atoms with Gasteiger partial charge in [0, 0.05) is 31.3 Å². The fraction of sp³-hybridized carbons (Fsp3) is 0.800. The fourth-order valence-electron chi connectivity index (χ4n) is 2.06. The lowest BCUT2D eigenvalue weighted by atomic mass is 10.1. The number of carbonyl (C=O) groups is 1. The number of ketones is 1. The summed E-state index contributed by atoms with van der Waals surface area (Å²) in [6.45, 7) is 11.2. The van der Waals surface area contributed by atoms with Crippen molar-refractivity contribution in [1.82, 2.24) is 4.90 Å². The van der Waals surface area contributed by atoms with Crippen molar-refractivity contribution in [2.75, 3.05) is 13.1 Å². The van der Waals surface area contributed by atoms with Crippen LogP contribution in [0.4, 0.5) is 0 Å². The SMILES string of the molecule is CC(C)CCN(CCC(C)C)C1=CC(=O)CC1. The van der Waals surface area contributed by atoms with Crippen molar-refractivity contribution in [3.63, 3.8) is 0 Å². The zero-order chi connectivity index (χ0) is 12.8. The molecule has 0 aromatic carbocycles. The molecule has 1 aliphatic carbocycles. The molecule has 1 aliphatic rings. The van der Waals surface area contributed by atoms with Gasteiger partial charge in [-0.2, -0.15) is 0 Å². The van der Waals surface area contributed by atoms with Crippen LogP contribution < -0.4 is 0 Å². The van der Waals surface area contributed by atoms with Crippen molar-refractivity contribution in [3.8, 4) is 0 Å². The number of carbonyl (C=O) groups excluding carboxylic acids is 1. The third-order valence-corrected chi connectivity index (χ3v) is 3.31. The van der Waals surface area contributed by atoms with Gasteiger partial charge in [-0.3, -0.25) is 4.79 Å². The largest absolute Gasteiger partial charge is 0.375 e. The zero-order valence-corrected chi connectivity index (χ0v) is 11.8. The maximum absolute atomic E-state index is 11.3. The van der Waals surface area contributed by atoms with Gasteiger partial charge >= 0.3 is 0 Å². The summed E-state index contributed by atoms with van der Waals surface area (Å²) in [4.78, 5) is 13.8. The Morgan fingerprint density at radius 1 is 1.06 bits per heavy atom. The van der Waals surface area contributed by atoms with Gasteiger partial charge in [0.1, 0.15) is 0 Å². The molecule has 0 unspecified atom stereocenters. The molecule has 0 atom stereocenters. The van der Waals surface area contributed by atoms with Gasteiger partial charge in [0.15, 0.2) is 5.78 Å². The van der Waals surface area contributed by atoms with Gasteiger partial charge in [-0.05, 0) is 31.1 Å². The Balaban J connectivity index is 2.52. The van der Waals surface area contributed by atoms with Crippen LogP contribution in [0.15, 0.2) is 11.8 Å².